The number of carbonyl (C=O) groups is 2. The largest absolute Gasteiger partial charge is 0.478 e. The zero-order valence-electron chi connectivity index (χ0n) is 10.6. The summed E-state index contributed by atoms with van der Waals surface area (Å²) < 4.78 is 1.33. The molecule has 0 unspecified atom stereocenters. The lowest BCUT2D eigenvalue weighted by Crippen LogP contribution is -2.29. The monoisotopic (exact) mass is 275 g/mol. The lowest BCUT2D eigenvalue weighted by Gasteiger charge is -2.05. The number of nitrogens with zero attached hydrogens (tertiary/aromatic N) is 4. The van der Waals surface area contributed by atoms with Gasteiger partial charge in [-0.2, -0.15) is 0 Å². The number of hydrogen-bond acceptors (Lipinski definition) is 5. The average Bonchev–Trinajstić information content (AvgIpc) is 2.92. The molecule has 0 aliphatic rings. The fraction of sp³-hybridized carbons (Fsp3) is 0.250. The van der Waals surface area contributed by atoms with Gasteiger partial charge in [-0.3, -0.25) is 4.79 Å². The topological polar surface area (TPSA) is 110 Å². The third-order valence-electron chi connectivity index (χ3n) is 2.63. The number of aromatic carboxylic acids is 1. The fourth-order valence-electron chi connectivity index (χ4n) is 1.62. The molecule has 0 saturated carbocycles. The molecule has 0 aliphatic carbocycles. The van der Waals surface area contributed by atoms with Gasteiger partial charge in [0.05, 0.1) is 5.56 Å². The Bertz CT molecular complexity index is 580. The Balaban J connectivity index is 1.75. The summed E-state index contributed by atoms with van der Waals surface area (Å²) in [7, 11) is 0. The summed E-state index contributed by atoms with van der Waals surface area (Å²) >= 11 is 0. The van der Waals surface area contributed by atoms with Crippen molar-refractivity contribution in [3.63, 3.8) is 0 Å². The van der Waals surface area contributed by atoms with Crippen molar-refractivity contribution in [2.45, 2.75) is 13.0 Å². The first-order chi connectivity index (χ1) is 9.65. The lowest BCUT2D eigenvalue weighted by atomic mass is 10.1. The van der Waals surface area contributed by atoms with Crippen molar-refractivity contribution in [3.8, 4) is 0 Å². The number of carboxylic acids is 1. The second-order valence-electron chi connectivity index (χ2n) is 4.11. The van der Waals surface area contributed by atoms with Gasteiger partial charge in [-0.1, -0.05) is 12.1 Å². The van der Waals surface area contributed by atoms with E-state index in [0.29, 0.717) is 13.0 Å². The van der Waals surface area contributed by atoms with Crippen molar-refractivity contribution in [1.29, 1.82) is 0 Å². The van der Waals surface area contributed by atoms with Gasteiger partial charge >= 0.3 is 5.97 Å². The van der Waals surface area contributed by atoms with Crippen LogP contribution in [0, 0.1) is 0 Å². The van der Waals surface area contributed by atoms with Gasteiger partial charge in [-0.15, -0.1) is 5.10 Å². The molecular weight excluding hydrogens is 262 g/mol. The minimum Gasteiger partial charge on any atom is -0.478 e. The summed E-state index contributed by atoms with van der Waals surface area (Å²) in [5.41, 5.74) is 1.20. The van der Waals surface area contributed by atoms with E-state index in [9.17, 15) is 9.59 Å². The van der Waals surface area contributed by atoms with Crippen molar-refractivity contribution in [2.75, 3.05) is 6.54 Å². The number of aromatic nitrogens is 4. The molecule has 0 bridgehead atoms. The molecule has 2 rings (SSSR count). The molecule has 2 aromatic rings. The number of benzene rings is 1. The van der Waals surface area contributed by atoms with E-state index < -0.39 is 5.97 Å². The standard InChI is InChI=1S/C12H13N5O3/c18-11(7-17-8-14-15-16-17)13-6-5-9-1-3-10(4-2-9)12(19)20/h1-4,8H,5-7H2,(H,13,18)(H,19,20). The third kappa shape index (κ3) is 3.87. The molecule has 20 heavy (non-hydrogen) atoms. The summed E-state index contributed by atoms with van der Waals surface area (Å²) in [6, 6.07) is 6.55. The van der Waals surface area contributed by atoms with Crippen LogP contribution in [0.5, 0.6) is 0 Å². The maximum atomic E-state index is 11.5. The smallest absolute Gasteiger partial charge is 0.335 e. The summed E-state index contributed by atoms with van der Waals surface area (Å²) in [5.74, 6) is -1.13. The highest BCUT2D eigenvalue weighted by Gasteiger charge is 2.04. The second-order valence-corrected chi connectivity index (χ2v) is 4.11. The van der Waals surface area contributed by atoms with Crippen LogP contribution in [0.1, 0.15) is 15.9 Å². The molecule has 1 amide bonds. The van der Waals surface area contributed by atoms with Gasteiger partial charge in [0.15, 0.2) is 0 Å². The predicted molar refractivity (Wildman–Crippen MR) is 67.9 cm³/mol. The lowest BCUT2D eigenvalue weighted by molar-refractivity contribution is -0.121. The summed E-state index contributed by atoms with van der Waals surface area (Å²) in [5, 5.41) is 22.0. The molecule has 0 atom stereocenters. The molecule has 8 nitrogen and oxygen atoms in total. The molecule has 2 N–H and O–H groups in total. The third-order valence-corrected chi connectivity index (χ3v) is 2.63. The van der Waals surface area contributed by atoms with Crippen molar-refractivity contribution >= 4 is 11.9 Å². The fourth-order valence-corrected chi connectivity index (χ4v) is 1.62. The molecule has 1 aromatic heterocycles. The highest BCUT2D eigenvalue weighted by molar-refractivity contribution is 5.87. The van der Waals surface area contributed by atoms with Crippen LogP contribution in [0.25, 0.3) is 0 Å². The van der Waals surface area contributed by atoms with Crippen LogP contribution in [-0.2, 0) is 17.8 Å². The number of tetrazole rings is 1. The van der Waals surface area contributed by atoms with E-state index in [1.807, 2.05) is 0 Å². The van der Waals surface area contributed by atoms with E-state index in [0.717, 1.165) is 5.56 Å². The summed E-state index contributed by atoms with van der Waals surface area (Å²) in [6.45, 7) is 0.540. The van der Waals surface area contributed by atoms with Crippen LogP contribution in [0.4, 0.5) is 0 Å². The quantitative estimate of drug-likeness (QED) is 0.751. The van der Waals surface area contributed by atoms with Crippen LogP contribution in [-0.4, -0.2) is 43.7 Å². The molecule has 0 fully saturated rings. The number of carbonyl (C=O) groups excluding carboxylic acids is 1. The Morgan fingerprint density at radius 2 is 2.00 bits per heavy atom. The molecule has 104 valence electrons. The van der Waals surface area contributed by atoms with E-state index in [-0.39, 0.29) is 18.0 Å². The van der Waals surface area contributed by atoms with Gasteiger partial charge in [-0.05, 0) is 34.5 Å². The molecule has 1 aromatic carbocycles. The van der Waals surface area contributed by atoms with Crippen LogP contribution < -0.4 is 5.32 Å². The zero-order chi connectivity index (χ0) is 14.4. The Kier molecular flexibility index (Phi) is 4.38. The molecular formula is C12H13N5O3. The Hall–Kier alpha value is -2.77. The zero-order valence-corrected chi connectivity index (χ0v) is 10.6. The first kappa shape index (κ1) is 13.7. The minimum atomic E-state index is -0.953. The first-order valence-corrected chi connectivity index (χ1v) is 5.95. The van der Waals surface area contributed by atoms with Crippen molar-refractivity contribution in [1.82, 2.24) is 25.5 Å². The van der Waals surface area contributed by atoms with Crippen LogP contribution in [0.15, 0.2) is 30.6 Å². The number of rotatable bonds is 6. The van der Waals surface area contributed by atoms with E-state index in [4.69, 9.17) is 5.11 Å². The van der Waals surface area contributed by atoms with Gasteiger partial charge in [0.2, 0.25) is 5.91 Å². The van der Waals surface area contributed by atoms with Gasteiger partial charge in [0.1, 0.15) is 12.9 Å². The highest BCUT2D eigenvalue weighted by Crippen LogP contribution is 2.04. The van der Waals surface area contributed by atoms with E-state index in [1.54, 1.807) is 24.3 Å². The van der Waals surface area contributed by atoms with Gasteiger partial charge in [0, 0.05) is 6.54 Å². The van der Waals surface area contributed by atoms with Crippen LogP contribution in [0.3, 0.4) is 0 Å². The molecule has 0 aliphatic heterocycles. The number of nitrogens with one attached hydrogen (secondary N) is 1. The molecule has 1 heterocycles. The van der Waals surface area contributed by atoms with Crippen LogP contribution >= 0.6 is 0 Å². The van der Waals surface area contributed by atoms with Crippen LogP contribution in [0.2, 0.25) is 0 Å². The molecule has 0 radical (unpaired) electrons. The Morgan fingerprint density at radius 1 is 1.25 bits per heavy atom. The Morgan fingerprint density at radius 3 is 2.60 bits per heavy atom. The Labute approximate surface area is 114 Å². The maximum absolute atomic E-state index is 11.5. The highest BCUT2D eigenvalue weighted by atomic mass is 16.4. The number of amides is 1. The molecule has 8 heteroatoms. The predicted octanol–water partition coefficient (Wildman–Crippen LogP) is -0.270. The number of hydrogen-bond donors (Lipinski definition) is 2. The molecule has 0 spiro atoms. The maximum Gasteiger partial charge on any atom is 0.335 e. The summed E-state index contributed by atoms with van der Waals surface area (Å²) in [4.78, 5) is 22.2. The second kappa shape index (κ2) is 6.41. The van der Waals surface area contributed by atoms with Crippen molar-refractivity contribution in [2.24, 2.45) is 0 Å². The van der Waals surface area contributed by atoms with Gasteiger partial charge in [-0.25, -0.2) is 9.48 Å². The number of carboxylic acid groups (broad SMARTS) is 1. The van der Waals surface area contributed by atoms with E-state index in [1.165, 1.54) is 11.0 Å². The van der Waals surface area contributed by atoms with E-state index in [2.05, 4.69) is 20.8 Å². The summed E-state index contributed by atoms with van der Waals surface area (Å²) in [6.07, 6.45) is 1.99. The van der Waals surface area contributed by atoms with Gasteiger partial charge < -0.3 is 10.4 Å². The average molecular weight is 275 g/mol. The SMILES string of the molecule is O=C(Cn1cnnn1)NCCc1ccc(C(=O)O)cc1. The molecule has 0 saturated heterocycles. The normalized spacial score (nSPS) is 10.2. The van der Waals surface area contributed by atoms with Crippen molar-refractivity contribution in [3.05, 3.63) is 41.7 Å². The van der Waals surface area contributed by atoms with E-state index >= 15 is 0 Å². The van der Waals surface area contributed by atoms with Gasteiger partial charge in [0.25, 0.3) is 0 Å². The van der Waals surface area contributed by atoms with Crippen molar-refractivity contribution < 1.29 is 14.7 Å². The first-order valence-electron chi connectivity index (χ1n) is 5.95. The minimum absolute atomic E-state index is 0.0744.